The predicted octanol–water partition coefficient (Wildman–Crippen LogP) is 3.92. The molecule has 7 rings (SSSR count). The van der Waals surface area contributed by atoms with Gasteiger partial charge in [0.2, 0.25) is 5.91 Å². The van der Waals surface area contributed by atoms with Crippen LogP contribution in [0.25, 0.3) is 6.08 Å². The summed E-state index contributed by atoms with van der Waals surface area (Å²) in [6.07, 6.45) is 9.60. The second kappa shape index (κ2) is 9.00. The molecule has 1 spiro atoms. The predicted molar refractivity (Wildman–Crippen MR) is 147 cm³/mol. The number of aliphatic hydroxyl groups is 1. The number of likely N-dealkylation sites (tertiary alicyclic amines) is 1. The van der Waals surface area contributed by atoms with Crippen molar-refractivity contribution >= 4 is 12.0 Å². The summed E-state index contributed by atoms with van der Waals surface area (Å²) in [4.78, 5) is 17.5. The second-order valence-corrected chi connectivity index (χ2v) is 11.6. The molecular formula is C32H34N2O5. The van der Waals surface area contributed by atoms with Crippen LogP contribution in [0.5, 0.6) is 11.5 Å². The number of hydrogen-bond acceptors (Lipinski definition) is 6. The highest BCUT2D eigenvalue weighted by atomic mass is 16.5. The number of aromatic hydroxyl groups is 1. The van der Waals surface area contributed by atoms with E-state index in [2.05, 4.69) is 29.2 Å². The maximum absolute atomic E-state index is 13.3. The molecule has 0 radical (unpaired) electrons. The first-order valence-corrected chi connectivity index (χ1v) is 13.9. The molecule has 2 bridgehead atoms. The van der Waals surface area contributed by atoms with Crippen molar-refractivity contribution in [1.29, 1.82) is 0 Å². The van der Waals surface area contributed by atoms with Crippen LogP contribution in [0.15, 0.2) is 71.6 Å². The van der Waals surface area contributed by atoms with Crippen molar-refractivity contribution in [2.75, 3.05) is 20.1 Å². The Labute approximate surface area is 228 Å². The van der Waals surface area contributed by atoms with E-state index in [1.807, 2.05) is 19.2 Å². The van der Waals surface area contributed by atoms with Crippen LogP contribution in [-0.2, 0) is 23.1 Å². The monoisotopic (exact) mass is 526 g/mol. The van der Waals surface area contributed by atoms with Gasteiger partial charge in [-0.25, -0.2) is 0 Å². The van der Waals surface area contributed by atoms with Crippen molar-refractivity contribution in [3.8, 4) is 11.5 Å². The van der Waals surface area contributed by atoms with Crippen molar-refractivity contribution in [2.24, 2.45) is 0 Å². The van der Waals surface area contributed by atoms with Crippen LogP contribution in [-0.4, -0.2) is 69.8 Å². The number of carbonyl (C=O) groups excluding carboxylic acids is 1. The lowest BCUT2D eigenvalue weighted by Gasteiger charge is -2.64. The highest BCUT2D eigenvalue weighted by molar-refractivity contribution is 5.92. The van der Waals surface area contributed by atoms with Gasteiger partial charge >= 0.3 is 0 Å². The topological polar surface area (TPSA) is 86.4 Å². The molecule has 4 aliphatic rings. The van der Waals surface area contributed by atoms with Gasteiger partial charge in [-0.2, -0.15) is 0 Å². The maximum atomic E-state index is 13.3. The Morgan fingerprint density at radius 2 is 2.03 bits per heavy atom. The van der Waals surface area contributed by atoms with Crippen molar-refractivity contribution in [1.82, 2.24) is 9.80 Å². The first-order chi connectivity index (χ1) is 18.9. The number of nitrogens with zero attached hydrogens (tertiary/aromatic N) is 2. The van der Waals surface area contributed by atoms with E-state index in [4.69, 9.17) is 9.15 Å². The van der Waals surface area contributed by atoms with Gasteiger partial charge in [-0.05, 0) is 68.0 Å². The molecule has 2 aromatic carbocycles. The van der Waals surface area contributed by atoms with E-state index in [9.17, 15) is 15.0 Å². The van der Waals surface area contributed by atoms with Crippen LogP contribution in [0.4, 0.5) is 0 Å². The summed E-state index contributed by atoms with van der Waals surface area (Å²) in [6.45, 7) is 1.71. The van der Waals surface area contributed by atoms with Crippen LogP contribution >= 0.6 is 0 Å². The number of amides is 1. The van der Waals surface area contributed by atoms with Crippen molar-refractivity contribution in [2.45, 2.75) is 61.3 Å². The molecule has 39 heavy (non-hydrogen) atoms. The van der Waals surface area contributed by atoms with E-state index in [1.165, 1.54) is 5.56 Å². The average molecular weight is 527 g/mol. The molecule has 3 aromatic rings. The van der Waals surface area contributed by atoms with Gasteiger partial charge in [-0.1, -0.05) is 36.4 Å². The maximum Gasteiger partial charge on any atom is 0.246 e. The summed E-state index contributed by atoms with van der Waals surface area (Å²) in [5.74, 6) is 0.478. The molecule has 7 nitrogen and oxygen atoms in total. The molecule has 3 heterocycles. The summed E-state index contributed by atoms with van der Waals surface area (Å²) in [7, 11) is 1.82. The Bertz CT molecular complexity index is 1420. The number of benzene rings is 2. The van der Waals surface area contributed by atoms with E-state index in [-0.39, 0.29) is 23.7 Å². The van der Waals surface area contributed by atoms with Crippen LogP contribution in [0, 0.1) is 0 Å². The third-order valence-corrected chi connectivity index (χ3v) is 9.88. The van der Waals surface area contributed by atoms with E-state index in [1.54, 1.807) is 41.7 Å². The molecule has 5 atom stereocenters. The number of piperidine rings is 1. The number of phenolic OH excluding ortho intramolecular Hbond substituents is 1. The number of carbonyl (C=O) groups is 1. The molecule has 0 unspecified atom stereocenters. The molecular weight excluding hydrogens is 492 g/mol. The van der Waals surface area contributed by atoms with Gasteiger partial charge in [0.1, 0.15) is 6.10 Å². The van der Waals surface area contributed by atoms with E-state index in [0.29, 0.717) is 25.0 Å². The van der Waals surface area contributed by atoms with Gasteiger partial charge in [0.25, 0.3) is 0 Å². The highest BCUT2D eigenvalue weighted by Gasteiger charge is 2.73. The van der Waals surface area contributed by atoms with Crippen molar-refractivity contribution < 1.29 is 24.2 Å². The highest BCUT2D eigenvalue weighted by Crippen LogP contribution is 2.65. The summed E-state index contributed by atoms with van der Waals surface area (Å²) < 4.78 is 11.7. The molecule has 1 aromatic heterocycles. The zero-order valence-electron chi connectivity index (χ0n) is 22.1. The third-order valence-electron chi connectivity index (χ3n) is 9.88. The smallest absolute Gasteiger partial charge is 0.246 e. The van der Waals surface area contributed by atoms with Gasteiger partial charge < -0.3 is 24.3 Å². The lowest BCUT2D eigenvalue weighted by Crippen LogP contribution is -2.78. The fourth-order valence-electron chi connectivity index (χ4n) is 8.00. The molecule has 2 fully saturated rings. The Hall–Kier alpha value is -3.55. The SMILES string of the molecule is CN(C(=O)/C=C/c1ccoc1)[C@H]1CC[C@@]2(O)[C@H]3Cc4ccc(O)c5c4[C@@]2(CCN3CCc2ccccc2)[C@H]1O5. The summed E-state index contributed by atoms with van der Waals surface area (Å²) >= 11 is 0. The Morgan fingerprint density at radius 1 is 1.18 bits per heavy atom. The third kappa shape index (κ3) is 3.52. The molecule has 7 heteroatoms. The van der Waals surface area contributed by atoms with E-state index in [0.717, 1.165) is 42.6 Å². The molecule has 202 valence electrons. The van der Waals surface area contributed by atoms with Crippen LogP contribution < -0.4 is 4.74 Å². The fraction of sp³-hybridized carbons (Fsp3) is 0.406. The first kappa shape index (κ1) is 24.5. The van der Waals surface area contributed by atoms with Crippen LogP contribution in [0.3, 0.4) is 0 Å². The quantitative estimate of drug-likeness (QED) is 0.474. The molecule has 2 aliphatic carbocycles. The standard InChI is InChI=1S/C32H34N2O5/c1-33(27(36)10-7-22-13-18-38-20-22)24-11-14-32(37)26-19-23-8-9-25(35)29-28(23)31(32,30(24)39-29)15-17-34(26)16-12-21-5-3-2-4-6-21/h2-10,13,18,20,24,26,30,35,37H,11-12,14-17,19H2,1H3/b10-7+/t24-,26+,30-,31-,32+/m0/s1. The minimum absolute atomic E-state index is 0.0491. The van der Waals surface area contributed by atoms with Gasteiger partial charge in [-0.3, -0.25) is 9.69 Å². The number of hydrogen-bond donors (Lipinski definition) is 2. The zero-order chi connectivity index (χ0) is 26.8. The van der Waals surface area contributed by atoms with Gasteiger partial charge in [0, 0.05) is 36.8 Å². The largest absolute Gasteiger partial charge is 0.504 e. The van der Waals surface area contributed by atoms with Gasteiger partial charge in [0.15, 0.2) is 11.5 Å². The Balaban J connectivity index is 1.23. The van der Waals surface area contributed by atoms with E-state index < -0.39 is 17.1 Å². The normalized spacial score (nSPS) is 30.7. The molecule has 1 saturated carbocycles. The summed E-state index contributed by atoms with van der Waals surface area (Å²) in [5.41, 5.74) is 2.54. The van der Waals surface area contributed by atoms with Crippen LogP contribution in [0.1, 0.15) is 41.5 Å². The number of phenols is 1. The molecule has 2 aliphatic heterocycles. The number of furan rings is 1. The van der Waals surface area contributed by atoms with Gasteiger partial charge in [0.05, 0.1) is 29.6 Å². The lowest BCUT2D eigenvalue weighted by atomic mass is 9.48. The van der Waals surface area contributed by atoms with Crippen molar-refractivity contribution in [3.63, 3.8) is 0 Å². The number of ether oxygens (including phenoxy) is 1. The summed E-state index contributed by atoms with van der Waals surface area (Å²) in [5, 5.41) is 23.6. The molecule has 1 amide bonds. The molecule has 1 saturated heterocycles. The van der Waals surface area contributed by atoms with Crippen molar-refractivity contribution in [3.05, 3.63) is 89.4 Å². The second-order valence-electron chi connectivity index (χ2n) is 11.6. The Morgan fingerprint density at radius 3 is 2.82 bits per heavy atom. The van der Waals surface area contributed by atoms with Gasteiger partial charge in [-0.15, -0.1) is 0 Å². The minimum Gasteiger partial charge on any atom is -0.504 e. The van der Waals surface area contributed by atoms with Crippen LogP contribution in [0.2, 0.25) is 0 Å². The molecule has 2 N–H and O–H groups in total. The zero-order valence-corrected chi connectivity index (χ0v) is 22.1. The number of rotatable bonds is 6. The Kier molecular flexibility index (Phi) is 5.65. The number of likely N-dealkylation sites (N-methyl/N-ethyl adjacent to an activating group) is 1. The van der Waals surface area contributed by atoms with E-state index >= 15 is 0 Å². The minimum atomic E-state index is -1.01. The average Bonchev–Trinajstić information content (AvgIpc) is 3.59. The fourth-order valence-corrected chi connectivity index (χ4v) is 8.00. The summed E-state index contributed by atoms with van der Waals surface area (Å²) in [6, 6.07) is 15.7. The lowest BCUT2D eigenvalue weighted by molar-refractivity contribution is -0.199. The first-order valence-electron chi connectivity index (χ1n) is 13.9.